The normalized spacial score (nSPS) is 46.1. The fraction of sp³-hybridized carbons (Fsp3) is 0.700. The first kappa shape index (κ1) is 50.0. The van der Waals surface area contributed by atoms with Gasteiger partial charge in [-0.25, -0.2) is 47.9 Å². The molecule has 15 heterocycles. The number of nitrogens with zero attached hydrogens (tertiary/aromatic N) is 20. The van der Waals surface area contributed by atoms with E-state index in [9.17, 15) is 49.5 Å². The minimum atomic E-state index is -2.29. The maximum Gasteiger partial charge on any atom is 0.326 e. The van der Waals surface area contributed by atoms with Gasteiger partial charge in [-0.05, 0) is 0 Å². The van der Waals surface area contributed by atoms with Gasteiger partial charge < -0.3 is 25.5 Å². The van der Waals surface area contributed by atoms with Gasteiger partial charge in [0.1, 0.15) is 66.7 Å². The van der Waals surface area contributed by atoms with Crippen LogP contribution in [0.25, 0.3) is 0 Å². The van der Waals surface area contributed by atoms with Crippen LogP contribution in [0.4, 0.5) is 47.9 Å². The van der Waals surface area contributed by atoms with E-state index in [-0.39, 0.29) is 0 Å². The van der Waals surface area contributed by atoms with Crippen LogP contribution in [0, 0.1) is 29.6 Å². The van der Waals surface area contributed by atoms with Crippen LogP contribution in [0.3, 0.4) is 0 Å². The summed E-state index contributed by atoms with van der Waals surface area (Å²) in [5.41, 5.74) is -22.9. The summed E-state index contributed by atoms with van der Waals surface area (Å²) in [6.45, 7) is -9.50. The van der Waals surface area contributed by atoms with Crippen molar-refractivity contribution in [1.29, 1.82) is 0 Å². The Labute approximate surface area is 501 Å². The van der Waals surface area contributed by atoms with Gasteiger partial charge in [0.2, 0.25) is 0 Å². The van der Waals surface area contributed by atoms with Crippen molar-refractivity contribution in [3.8, 4) is 0 Å². The number of urea groups is 10. The van der Waals surface area contributed by atoms with E-state index >= 15 is 47.9 Å². The predicted molar refractivity (Wildman–Crippen MR) is 269 cm³/mol. The zero-order valence-electron chi connectivity index (χ0n) is 46.8. The largest absolute Gasteiger partial charge is 0.481 e. The van der Waals surface area contributed by atoms with Gasteiger partial charge in [0.15, 0.2) is 56.6 Å². The average Bonchev–Trinajstić information content (AvgIpc) is 1.45. The van der Waals surface area contributed by atoms with Gasteiger partial charge in [0.25, 0.3) is 0 Å². The Morgan fingerprint density at radius 1 is 0.200 bits per heavy atom. The number of aliphatic carboxylic acids is 5. The van der Waals surface area contributed by atoms with E-state index in [1.165, 1.54) is 0 Å². The molecule has 40 nitrogen and oxygen atoms in total. The highest BCUT2D eigenvalue weighted by atomic mass is 16.4. The fourth-order valence-electron chi connectivity index (χ4n) is 23.9. The van der Waals surface area contributed by atoms with E-state index in [4.69, 9.17) is 0 Å². The number of amides is 20. The Morgan fingerprint density at radius 3 is 0.344 bits per heavy atom. The van der Waals surface area contributed by atoms with Crippen LogP contribution in [0.15, 0.2) is 0 Å². The minimum Gasteiger partial charge on any atom is -0.481 e. The number of rotatable bonds is 5. The number of hydrogen-bond acceptors (Lipinski definition) is 15. The smallest absolute Gasteiger partial charge is 0.326 e. The second-order valence-corrected chi connectivity index (χ2v) is 28.2. The predicted octanol–water partition coefficient (Wildman–Crippen LogP) is -3.55. The summed E-state index contributed by atoms with van der Waals surface area (Å²) in [6.07, 6.45) is -6.21. The van der Waals surface area contributed by atoms with Crippen LogP contribution in [0.1, 0.15) is 64.2 Å². The lowest BCUT2D eigenvalue weighted by Crippen LogP contribution is -2.75. The number of carboxylic acid groups (broad SMARTS) is 5. The minimum absolute atomic E-state index is 0.621. The molecule has 5 aliphatic carbocycles. The Bertz CT molecular complexity index is 3040. The summed E-state index contributed by atoms with van der Waals surface area (Å²) >= 11 is 0. The van der Waals surface area contributed by atoms with Crippen LogP contribution in [0.2, 0.25) is 0 Å². The van der Waals surface area contributed by atoms with E-state index in [2.05, 4.69) is 0 Å². The SMILES string of the molecule is O=C(O)C1CC23N4CN5C(=O)N6CN7C(=O)N8CN9C(=O)N%10CN%11C(=O)N%12CN(C4=O)C2(C1)N1CN2C(=O)N(CN4C(=O)N(CN%13C(=O)N(CN%14C(=O)N(CN3C1=O)C51CC(C(=O)O)CC6%141)C71CC(C(=O)O)CC8%131)C91CC(C(=O)O)CC%1041)C%111CC(C(=O)O)CC%1221. The zero-order chi connectivity index (χ0) is 62.2. The van der Waals surface area contributed by atoms with Gasteiger partial charge in [-0.3, -0.25) is 122 Å². The zero-order valence-corrected chi connectivity index (χ0v) is 46.8. The molecule has 0 bridgehead atoms. The third-order valence-electron chi connectivity index (χ3n) is 26.6. The molecule has 20 rings (SSSR count). The van der Waals surface area contributed by atoms with Crippen molar-refractivity contribution in [1.82, 2.24) is 98.0 Å². The number of carboxylic acids is 5. The summed E-state index contributed by atoms with van der Waals surface area (Å²) < 4.78 is 0. The molecule has 15 saturated heterocycles. The molecule has 0 unspecified atom stereocenters. The summed E-state index contributed by atoms with van der Waals surface area (Å²) in [5, 5.41) is 56.0. The Kier molecular flexibility index (Phi) is 7.40. The lowest BCUT2D eigenvalue weighted by Gasteiger charge is -2.54. The van der Waals surface area contributed by atoms with E-state index in [1.807, 2.05) is 0 Å². The molecule has 0 aromatic carbocycles. The van der Waals surface area contributed by atoms with Crippen molar-refractivity contribution in [3.63, 3.8) is 0 Å². The number of carbonyl (C=O) groups is 15. The third kappa shape index (κ3) is 3.89. The van der Waals surface area contributed by atoms with Crippen molar-refractivity contribution in [2.24, 2.45) is 29.6 Å². The van der Waals surface area contributed by atoms with Crippen LogP contribution in [-0.4, -0.2) is 337 Å². The maximum atomic E-state index is 16.6. The first-order chi connectivity index (χ1) is 42.7. The number of hydrogen-bond donors (Lipinski definition) is 5. The summed E-state index contributed by atoms with van der Waals surface area (Å²) in [4.78, 5) is 257. The Hall–Kier alpha value is -9.95. The maximum absolute atomic E-state index is 16.6. The van der Waals surface area contributed by atoms with Gasteiger partial charge >= 0.3 is 90.2 Å². The highest BCUT2D eigenvalue weighted by molar-refractivity contribution is 6.00. The van der Waals surface area contributed by atoms with Gasteiger partial charge in [-0.2, -0.15) is 0 Å². The highest BCUT2D eigenvalue weighted by Crippen LogP contribution is 2.74. The topological polar surface area (TPSA) is 422 Å². The van der Waals surface area contributed by atoms with E-state index in [1.54, 1.807) is 0 Å². The lowest BCUT2D eigenvalue weighted by atomic mass is 9.91. The van der Waals surface area contributed by atoms with Gasteiger partial charge in [-0.15, -0.1) is 0 Å². The monoisotopic (exact) mass is 1250 g/mol. The molecule has 20 fully saturated rings. The van der Waals surface area contributed by atoms with E-state index in [0.717, 1.165) is 98.0 Å². The molecule has 20 aliphatic rings. The van der Waals surface area contributed by atoms with Crippen molar-refractivity contribution >= 4 is 90.2 Å². The van der Waals surface area contributed by atoms with Gasteiger partial charge in [-0.1, -0.05) is 0 Å². The van der Waals surface area contributed by atoms with Crippen LogP contribution in [-0.2, 0) is 24.0 Å². The van der Waals surface area contributed by atoms with Crippen molar-refractivity contribution in [2.75, 3.05) is 66.7 Å². The molecule has 0 radical (unpaired) electrons. The quantitative estimate of drug-likeness (QED) is 0.178. The molecule has 20 amide bonds. The van der Waals surface area contributed by atoms with Crippen molar-refractivity contribution < 1.29 is 97.5 Å². The summed E-state index contributed by atoms with van der Waals surface area (Å²) in [6, 6.07) is -10.5. The molecule has 5 N–H and O–H groups in total. The summed E-state index contributed by atoms with van der Waals surface area (Å²) in [5.74, 6) is -14.6. The van der Waals surface area contributed by atoms with Crippen LogP contribution < -0.4 is 0 Å². The lowest BCUT2D eigenvalue weighted by molar-refractivity contribution is -0.155. The molecule has 40 heteroatoms. The van der Waals surface area contributed by atoms with Gasteiger partial charge in [0, 0.05) is 64.2 Å². The number of carbonyl (C=O) groups excluding carboxylic acids is 10. The van der Waals surface area contributed by atoms with Gasteiger partial charge in [0.05, 0.1) is 29.6 Å². The Balaban J connectivity index is 0.901. The molecule has 90 heavy (non-hydrogen) atoms. The van der Waals surface area contributed by atoms with Crippen molar-refractivity contribution in [2.45, 2.75) is 121 Å². The molecule has 470 valence electrons. The standard InChI is InChI=1S/C50H50N20O20/c71-26(72)21-1-41-42(2-21)53-13-57-35(85)61-17-65-39(89)69-19-67-37(87)63-15-59-33(83)55(11-51(41)31(53)81)43-3-22(27(73)74)4-44(43,59)60-16-64-38(88)68(48(67)8-24(29(77)78)7-47(48,63)64)20-70-40(90)66(49(65)9-25(30(79)80)10-50(49,69)70)18-62-36(86)58(45(57)5-23(28(75)76)6-46(45,61)62)14-54(42)32(82)52(41)12-56(43)34(60)84/h21-25H,1-20H2,(H,71,72)(H,73,74)(H,75,76)(H,77,78)(H,79,80). The molecule has 5 saturated carbocycles. The fourth-order valence-corrected chi connectivity index (χ4v) is 23.9. The average molecular weight is 1250 g/mol. The molecule has 0 aromatic rings. The first-order valence-corrected chi connectivity index (χ1v) is 29.8. The second-order valence-electron chi connectivity index (χ2n) is 28.2. The van der Waals surface area contributed by atoms with E-state index < -0.39 is 307 Å². The summed E-state index contributed by atoms with van der Waals surface area (Å²) in [7, 11) is 0. The highest BCUT2D eigenvalue weighted by Gasteiger charge is 2.96. The molecule has 10 spiro atoms. The molecule has 15 aliphatic heterocycles. The van der Waals surface area contributed by atoms with Crippen molar-refractivity contribution in [3.05, 3.63) is 0 Å². The Morgan fingerprint density at radius 2 is 0.278 bits per heavy atom. The van der Waals surface area contributed by atoms with Crippen LogP contribution >= 0.6 is 0 Å². The third-order valence-corrected chi connectivity index (χ3v) is 26.6. The molecule has 0 aromatic heterocycles. The molecular formula is C50H50N20O20. The molecular weight excluding hydrogens is 1200 g/mol. The molecule has 0 atom stereocenters. The second kappa shape index (κ2) is 13.3. The van der Waals surface area contributed by atoms with Crippen LogP contribution in [0.5, 0.6) is 0 Å². The first-order valence-electron chi connectivity index (χ1n) is 29.8. The van der Waals surface area contributed by atoms with E-state index in [0.29, 0.717) is 0 Å².